The van der Waals surface area contributed by atoms with Crippen molar-refractivity contribution in [2.24, 2.45) is 11.8 Å². The van der Waals surface area contributed by atoms with Gasteiger partial charge in [-0.2, -0.15) is 0 Å². The van der Waals surface area contributed by atoms with Crippen LogP contribution in [-0.2, 0) is 9.53 Å². The Labute approximate surface area is 85.3 Å². The molecule has 1 aliphatic heterocycles. The normalized spacial score (nSPS) is 38.0. The molecule has 2 aliphatic rings. The van der Waals surface area contributed by atoms with Crippen LogP contribution in [-0.4, -0.2) is 12.1 Å². The van der Waals surface area contributed by atoms with E-state index in [-0.39, 0.29) is 12.1 Å². The standard InChI is InChI=1S/C12H18O2/c1-8-3-4-10(9(2)7-8)11-5-6-12(13)14-11/h7,9-11H,3-6H2,1-2H3. The van der Waals surface area contributed by atoms with Crippen molar-refractivity contribution in [2.75, 3.05) is 0 Å². The average molecular weight is 194 g/mol. The minimum atomic E-state index is -0.00604. The number of hydrogen-bond donors (Lipinski definition) is 0. The summed E-state index contributed by atoms with van der Waals surface area (Å²) in [6.45, 7) is 4.42. The molecule has 78 valence electrons. The van der Waals surface area contributed by atoms with Crippen molar-refractivity contribution in [3.05, 3.63) is 11.6 Å². The molecule has 0 bridgehead atoms. The Balaban J connectivity index is 2.02. The van der Waals surface area contributed by atoms with Gasteiger partial charge in [-0.3, -0.25) is 4.79 Å². The Kier molecular flexibility index (Phi) is 2.62. The molecule has 2 heteroatoms. The molecular formula is C12H18O2. The second kappa shape index (κ2) is 3.76. The predicted molar refractivity (Wildman–Crippen MR) is 54.8 cm³/mol. The van der Waals surface area contributed by atoms with E-state index in [2.05, 4.69) is 19.9 Å². The Hall–Kier alpha value is -0.790. The fourth-order valence-corrected chi connectivity index (χ4v) is 2.69. The number of esters is 1. The van der Waals surface area contributed by atoms with Gasteiger partial charge in [0.05, 0.1) is 0 Å². The van der Waals surface area contributed by atoms with Gasteiger partial charge in [0.1, 0.15) is 6.10 Å². The zero-order valence-electron chi connectivity index (χ0n) is 8.95. The van der Waals surface area contributed by atoms with Gasteiger partial charge in [-0.25, -0.2) is 0 Å². The van der Waals surface area contributed by atoms with Crippen LogP contribution < -0.4 is 0 Å². The first-order valence-electron chi connectivity index (χ1n) is 5.53. The highest BCUT2D eigenvalue weighted by atomic mass is 16.5. The summed E-state index contributed by atoms with van der Waals surface area (Å²) < 4.78 is 5.34. The predicted octanol–water partition coefficient (Wildman–Crippen LogP) is 2.68. The van der Waals surface area contributed by atoms with Crippen LogP contribution >= 0.6 is 0 Å². The number of cyclic esters (lactones) is 1. The molecule has 2 nitrogen and oxygen atoms in total. The molecule has 1 heterocycles. The lowest BCUT2D eigenvalue weighted by Gasteiger charge is -2.30. The molecule has 0 amide bonds. The van der Waals surface area contributed by atoms with Crippen LogP contribution in [0.15, 0.2) is 11.6 Å². The summed E-state index contributed by atoms with van der Waals surface area (Å²) in [5.41, 5.74) is 1.48. The fraction of sp³-hybridized carbons (Fsp3) is 0.750. The number of rotatable bonds is 1. The summed E-state index contributed by atoms with van der Waals surface area (Å²) in [6.07, 6.45) is 6.43. The van der Waals surface area contributed by atoms with E-state index in [1.807, 2.05) is 0 Å². The maximum absolute atomic E-state index is 11.0. The highest BCUT2D eigenvalue weighted by Gasteiger charge is 2.34. The van der Waals surface area contributed by atoms with Crippen molar-refractivity contribution >= 4 is 5.97 Å². The summed E-state index contributed by atoms with van der Waals surface area (Å²) in [4.78, 5) is 11.0. The van der Waals surface area contributed by atoms with E-state index < -0.39 is 0 Å². The lowest BCUT2D eigenvalue weighted by Crippen LogP contribution is -2.27. The zero-order valence-corrected chi connectivity index (χ0v) is 8.95. The lowest BCUT2D eigenvalue weighted by atomic mass is 9.78. The van der Waals surface area contributed by atoms with Crippen molar-refractivity contribution in [3.63, 3.8) is 0 Å². The Bertz CT molecular complexity index is 267. The molecular weight excluding hydrogens is 176 g/mol. The van der Waals surface area contributed by atoms with Crippen molar-refractivity contribution < 1.29 is 9.53 Å². The van der Waals surface area contributed by atoms with E-state index in [0.717, 1.165) is 6.42 Å². The molecule has 3 unspecified atom stereocenters. The summed E-state index contributed by atoms with van der Waals surface area (Å²) in [5, 5.41) is 0. The largest absolute Gasteiger partial charge is 0.462 e. The second-order valence-electron chi connectivity index (χ2n) is 4.64. The van der Waals surface area contributed by atoms with Crippen LogP contribution in [0.1, 0.15) is 39.5 Å². The number of allylic oxidation sites excluding steroid dienone is 2. The molecule has 1 fully saturated rings. The molecule has 1 saturated heterocycles. The van der Waals surface area contributed by atoms with Gasteiger partial charge in [-0.05, 0) is 32.1 Å². The summed E-state index contributed by atoms with van der Waals surface area (Å²) in [5.74, 6) is 1.12. The Morgan fingerprint density at radius 1 is 1.36 bits per heavy atom. The van der Waals surface area contributed by atoms with Gasteiger partial charge in [0.2, 0.25) is 0 Å². The van der Waals surface area contributed by atoms with E-state index in [0.29, 0.717) is 18.3 Å². The van der Waals surface area contributed by atoms with Gasteiger partial charge in [-0.1, -0.05) is 18.6 Å². The first-order chi connectivity index (χ1) is 6.66. The van der Waals surface area contributed by atoms with E-state index in [1.165, 1.54) is 18.4 Å². The first-order valence-corrected chi connectivity index (χ1v) is 5.53. The van der Waals surface area contributed by atoms with E-state index in [9.17, 15) is 4.79 Å². The highest BCUT2D eigenvalue weighted by Crippen LogP contribution is 2.35. The second-order valence-corrected chi connectivity index (χ2v) is 4.64. The number of carbonyl (C=O) groups excluding carboxylic acids is 1. The smallest absolute Gasteiger partial charge is 0.306 e. The topological polar surface area (TPSA) is 26.3 Å². The van der Waals surface area contributed by atoms with Crippen molar-refractivity contribution in [3.8, 4) is 0 Å². The molecule has 0 radical (unpaired) electrons. The van der Waals surface area contributed by atoms with E-state index in [1.54, 1.807) is 0 Å². The molecule has 0 N–H and O–H groups in total. The first kappa shape index (κ1) is 9.75. The highest BCUT2D eigenvalue weighted by molar-refractivity contribution is 5.71. The third-order valence-corrected chi connectivity index (χ3v) is 3.49. The number of hydrogen-bond acceptors (Lipinski definition) is 2. The van der Waals surface area contributed by atoms with Crippen LogP contribution in [0.5, 0.6) is 0 Å². The third kappa shape index (κ3) is 1.84. The molecule has 0 aromatic heterocycles. The van der Waals surface area contributed by atoms with Crippen LogP contribution in [0.4, 0.5) is 0 Å². The molecule has 14 heavy (non-hydrogen) atoms. The van der Waals surface area contributed by atoms with Crippen molar-refractivity contribution in [1.29, 1.82) is 0 Å². The van der Waals surface area contributed by atoms with Gasteiger partial charge in [0, 0.05) is 12.3 Å². The van der Waals surface area contributed by atoms with Crippen molar-refractivity contribution in [1.82, 2.24) is 0 Å². The monoisotopic (exact) mass is 194 g/mol. The van der Waals surface area contributed by atoms with Gasteiger partial charge in [0.15, 0.2) is 0 Å². The van der Waals surface area contributed by atoms with Crippen molar-refractivity contribution in [2.45, 2.75) is 45.6 Å². The van der Waals surface area contributed by atoms with Gasteiger partial charge < -0.3 is 4.74 Å². The van der Waals surface area contributed by atoms with Crippen LogP contribution in [0.2, 0.25) is 0 Å². The SMILES string of the molecule is CC1=CC(C)C(C2CCC(=O)O2)CC1. The minimum absolute atomic E-state index is 0.00604. The van der Waals surface area contributed by atoms with Crippen LogP contribution in [0, 0.1) is 11.8 Å². The molecule has 2 rings (SSSR count). The molecule has 1 aliphatic carbocycles. The van der Waals surface area contributed by atoms with Crippen LogP contribution in [0.25, 0.3) is 0 Å². The molecule has 3 atom stereocenters. The quantitative estimate of drug-likeness (QED) is 0.474. The number of ether oxygens (including phenoxy) is 1. The molecule has 0 aromatic rings. The summed E-state index contributed by atoms with van der Waals surface area (Å²) >= 11 is 0. The maximum Gasteiger partial charge on any atom is 0.306 e. The van der Waals surface area contributed by atoms with Gasteiger partial charge in [0.25, 0.3) is 0 Å². The average Bonchev–Trinajstić information content (AvgIpc) is 2.51. The Morgan fingerprint density at radius 2 is 2.14 bits per heavy atom. The third-order valence-electron chi connectivity index (χ3n) is 3.49. The Morgan fingerprint density at radius 3 is 2.71 bits per heavy atom. The van der Waals surface area contributed by atoms with E-state index >= 15 is 0 Å². The summed E-state index contributed by atoms with van der Waals surface area (Å²) in [7, 11) is 0. The maximum atomic E-state index is 11.0. The zero-order chi connectivity index (χ0) is 10.1. The van der Waals surface area contributed by atoms with Crippen LogP contribution in [0.3, 0.4) is 0 Å². The van der Waals surface area contributed by atoms with Gasteiger partial charge >= 0.3 is 5.97 Å². The summed E-state index contributed by atoms with van der Waals surface area (Å²) in [6, 6.07) is 0. The molecule has 0 aromatic carbocycles. The fourth-order valence-electron chi connectivity index (χ4n) is 2.69. The lowest BCUT2D eigenvalue weighted by molar-refractivity contribution is -0.143. The van der Waals surface area contributed by atoms with E-state index in [4.69, 9.17) is 4.74 Å². The van der Waals surface area contributed by atoms with Gasteiger partial charge in [-0.15, -0.1) is 0 Å². The minimum Gasteiger partial charge on any atom is -0.462 e. The number of carbonyl (C=O) groups is 1. The molecule has 0 saturated carbocycles. The molecule has 0 spiro atoms.